The molecule has 0 radical (unpaired) electrons. The van der Waals surface area contributed by atoms with E-state index in [4.69, 9.17) is 9.47 Å². The zero-order valence-electron chi connectivity index (χ0n) is 11.5. The lowest BCUT2D eigenvalue weighted by Gasteiger charge is -2.07. The number of nitrogens with one attached hydrogen (secondary N) is 1. The largest absolute Gasteiger partial charge is 0.488 e. The summed E-state index contributed by atoms with van der Waals surface area (Å²) in [7, 11) is 1.71. The quantitative estimate of drug-likeness (QED) is 0.757. The van der Waals surface area contributed by atoms with Crippen molar-refractivity contribution in [2.24, 2.45) is 0 Å². The van der Waals surface area contributed by atoms with Crippen LogP contribution >= 0.6 is 23.7 Å². The van der Waals surface area contributed by atoms with E-state index >= 15 is 0 Å². The van der Waals surface area contributed by atoms with Crippen molar-refractivity contribution in [3.63, 3.8) is 0 Å². The molecule has 1 aromatic heterocycles. The molecule has 0 fully saturated rings. The normalized spacial score (nSPS) is 10.1. The topological polar surface area (TPSA) is 30.5 Å². The summed E-state index contributed by atoms with van der Waals surface area (Å²) in [6.45, 7) is 3.10. The highest BCUT2D eigenvalue weighted by molar-refractivity contribution is 7.09. The molecule has 1 heterocycles. The first kappa shape index (κ1) is 17.0. The minimum atomic E-state index is 0. The van der Waals surface area contributed by atoms with Crippen molar-refractivity contribution in [1.82, 2.24) is 5.32 Å². The molecule has 0 aliphatic heterocycles. The van der Waals surface area contributed by atoms with Crippen LogP contribution in [0.3, 0.4) is 0 Å². The van der Waals surface area contributed by atoms with E-state index in [-0.39, 0.29) is 12.4 Å². The van der Waals surface area contributed by atoms with Gasteiger partial charge >= 0.3 is 0 Å². The molecule has 0 atom stereocenters. The van der Waals surface area contributed by atoms with Gasteiger partial charge in [-0.25, -0.2) is 0 Å². The average molecular weight is 314 g/mol. The van der Waals surface area contributed by atoms with Crippen LogP contribution in [-0.4, -0.2) is 20.3 Å². The van der Waals surface area contributed by atoms with Gasteiger partial charge in [0.15, 0.2) is 0 Å². The molecule has 0 amide bonds. The van der Waals surface area contributed by atoms with Crippen molar-refractivity contribution in [3.05, 3.63) is 52.2 Å². The van der Waals surface area contributed by atoms with E-state index in [9.17, 15) is 0 Å². The molecule has 0 aliphatic carbocycles. The lowest BCUT2D eigenvalue weighted by molar-refractivity contribution is 0.199. The molecule has 0 aliphatic rings. The number of rotatable bonds is 8. The Balaban J connectivity index is 0.00000200. The third kappa shape index (κ3) is 5.92. The number of halogens is 1. The molecule has 5 heteroatoms. The lowest BCUT2D eigenvalue weighted by Crippen LogP contribution is -2.18. The molecule has 0 spiro atoms. The van der Waals surface area contributed by atoms with Crippen LogP contribution in [0.25, 0.3) is 0 Å². The van der Waals surface area contributed by atoms with Gasteiger partial charge in [0.05, 0.1) is 6.61 Å². The van der Waals surface area contributed by atoms with Gasteiger partial charge in [0.1, 0.15) is 12.4 Å². The van der Waals surface area contributed by atoms with E-state index in [0.29, 0.717) is 6.61 Å². The van der Waals surface area contributed by atoms with E-state index in [2.05, 4.69) is 28.9 Å². The maximum Gasteiger partial charge on any atom is 0.122 e. The number of benzene rings is 1. The zero-order valence-corrected chi connectivity index (χ0v) is 13.1. The van der Waals surface area contributed by atoms with Gasteiger partial charge in [0.25, 0.3) is 0 Å². The van der Waals surface area contributed by atoms with E-state index < -0.39 is 0 Å². The third-order valence-electron chi connectivity index (χ3n) is 2.70. The summed E-state index contributed by atoms with van der Waals surface area (Å²) >= 11 is 1.71. The summed E-state index contributed by atoms with van der Waals surface area (Å²) < 4.78 is 10.7. The number of methoxy groups -OCH3 is 1. The fraction of sp³-hybridized carbons (Fsp3) is 0.333. The van der Waals surface area contributed by atoms with Crippen LogP contribution in [0.4, 0.5) is 0 Å². The molecule has 20 heavy (non-hydrogen) atoms. The van der Waals surface area contributed by atoms with Crippen LogP contribution in [0.5, 0.6) is 5.75 Å². The second-order valence-corrected chi connectivity index (χ2v) is 5.21. The Kier molecular flexibility index (Phi) is 8.30. The Hall–Kier alpha value is -1.07. The van der Waals surface area contributed by atoms with Gasteiger partial charge in [-0.15, -0.1) is 23.7 Å². The molecular weight excluding hydrogens is 294 g/mol. The molecule has 2 aromatic rings. The summed E-state index contributed by atoms with van der Waals surface area (Å²) in [5.41, 5.74) is 1.25. The second-order valence-electron chi connectivity index (χ2n) is 4.18. The highest BCUT2D eigenvalue weighted by Gasteiger charge is 1.98. The van der Waals surface area contributed by atoms with Crippen LogP contribution in [0.1, 0.15) is 10.4 Å². The van der Waals surface area contributed by atoms with Crippen molar-refractivity contribution in [3.8, 4) is 5.75 Å². The van der Waals surface area contributed by atoms with E-state index in [0.717, 1.165) is 25.4 Å². The highest BCUT2D eigenvalue weighted by atomic mass is 35.5. The minimum absolute atomic E-state index is 0. The van der Waals surface area contributed by atoms with Gasteiger partial charge in [-0.05, 0) is 29.1 Å². The average Bonchev–Trinajstić information content (AvgIpc) is 2.96. The Morgan fingerprint density at radius 2 is 1.95 bits per heavy atom. The number of hydrogen-bond acceptors (Lipinski definition) is 4. The SMILES string of the molecule is COCCNCc1ccc(OCc2cccs2)cc1.Cl. The monoisotopic (exact) mass is 313 g/mol. The molecule has 3 nitrogen and oxygen atoms in total. The predicted octanol–water partition coefficient (Wildman–Crippen LogP) is 3.48. The summed E-state index contributed by atoms with van der Waals surface area (Å²) in [4.78, 5) is 1.24. The van der Waals surface area contributed by atoms with Gasteiger partial charge < -0.3 is 14.8 Å². The third-order valence-corrected chi connectivity index (χ3v) is 3.55. The van der Waals surface area contributed by atoms with E-state index in [1.165, 1.54) is 10.4 Å². The van der Waals surface area contributed by atoms with Crippen LogP contribution < -0.4 is 10.1 Å². The van der Waals surface area contributed by atoms with Gasteiger partial charge in [0, 0.05) is 25.1 Å². The van der Waals surface area contributed by atoms with Crippen molar-refractivity contribution in [2.75, 3.05) is 20.3 Å². The van der Waals surface area contributed by atoms with Crippen LogP contribution in [0, 0.1) is 0 Å². The molecule has 0 saturated carbocycles. The van der Waals surface area contributed by atoms with Crippen LogP contribution in [0.15, 0.2) is 41.8 Å². The summed E-state index contributed by atoms with van der Waals surface area (Å²) in [5, 5.41) is 5.38. The van der Waals surface area contributed by atoms with Crippen molar-refractivity contribution in [2.45, 2.75) is 13.2 Å². The van der Waals surface area contributed by atoms with Gasteiger partial charge in [-0.2, -0.15) is 0 Å². The Morgan fingerprint density at radius 3 is 2.60 bits per heavy atom. The van der Waals surface area contributed by atoms with Crippen LogP contribution in [0.2, 0.25) is 0 Å². The summed E-state index contributed by atoms with van der Waals surface area (Å²) in [6.07, 6.45) is 0. The molecule has 0 unspecified atom stereocenters. The first-order chi connectivity index (χ1) is 9.38. The summed E-state index contributed by atoms with van der Waals surface area (Å²) in [5.74, 6) is 0.911. The molecular formula is C15H20ClNO2S. The smallest absolute Gasteiger partial charge is 0.122 e. The Morgan fingerprint density at radius 1 is 1.15 bits per heavy atom. The molecule has 110 valence electrons. The number of thiophene rings is 1. The van der Waals surface area contributed by atoms with Crippen molar-refractivity contribution < 1.29 is 9.47 Å². The Labute approximate surface area is 130 Å². The molecule has 2 rings (SSSR count). The maximum atomic E-state index is 5.72. The highest BCUT2D eigenvalue weighted by Crippen LogP contribution is 2.16. The number of ether oxygens (including phenoxy) is 2. The summed E-state index contributed by atoms with van der Waals surface area (Å²) in [6, 6.07) is 12.3. The first-order valence-corrected chi connectivity index (χ1v) is 7.20. The first-order valence-electron chi connectivity index (χ1n) is 6.32. The van der Waals surface area contributed by atoms with Crippen LogP contribution in [-0.2, 0) is 17.9 Å². The Bertz CT molecular complexity index is 459. The zero-order chi connectivity index (χ0) is 13.3. The molecule has 0 saturated heterocycles. The van der Waals surface area contributed by atoms with E-state index in [1.807, 2.05) is 18.2 Å². The molecule has 1 N–H and O–H groups in total. The fourth-order valence-corrected chi connectivity index (χ4v) is 2.28. The fourth-order valence-electron chi connectivity index (χ4n) is 1.66. The number of hydrogen-bond donors (Lipinski definition) is 1. The maximum absolute atomic E-state index is 5.72. The second kappa shape index (κ2) is 9.77. The van der Waals surface area contributed by atoms with Gasteiger partial charge in [0.2, 0.25) is 0 Å². The predicted molar refractivity (Wildman–Crippen MR) is 85.9 cm³/mol. The lowest BCUT2D eigenvalue weighted by atomic mass is 10.2. The minimum Gasteiger partial charge on any atom is -0.488 e. The van der Waals surface area contributed by atoms with Crippen molar-refractivity contribution in [1.29, 1.82) is 0 Å². The standard InChI is InChI=1S/C15H19NO2S.ClH/c1-17-9-8-16-11-13-4-6-14(7-5-13)18-12-15-3-2-10-19-15;/h2-7,10,16H,8-9,11-12H2,1H3;1H. The molecule has 1 aromatic carbocycles. The van der Waals surface area contributed by atoms with E-state index in [1.54, 1.807) is 18.4 Å². The van der Waals surface area contributed by atoms with Crippen molar-refractivity contribution >= 4 is 23.7 Å². The molecule has 0 bridgehead atoms. The van der Waals surface area contributed by atoms with Gasteiger partial charge in [-0.3, -0.25) is 0 Å². The van der Waals surface area contributed by atoms with Gasteiger partial charge in [-0.1, -0.05) is 18.2 Å².